The first-order valence-corrected chi connectivity index (χ1v) is 11.3. The molecular formula is C26H39FN4O2. The predicted octanol–water partition coefficient (Wildman–Crippen LogP) is 4.94. The Morgan fingerprint density at radius 2 is 1.79 bits per heavy atom. The number of rotatable bonds is 10. The van der Waals surface area contributed by atoms with Gasteiger partial charge in [-0.05, 0) is 44.7 Å². The van der Waals surface area contributed by atoms with E-state index in [0.717, 1.165) is 11.9 Å². The van der Waals surface area contributed by atoms with Crippen molar-refractivity contribution >= 4 is 18.5 Å². The number of carbonyl (C=O) groups is 2. The summed E-state index contributed by atoms with van der Waals surface area (Å²) in [5.74, 6) is -1.04. The van der Waals surface area contributed by atoms with Gasteiger partial charge in [0, 0.05) is 40.7 Å². The quantitative estimate of drug-likeness (QED) is 0.385. The fraction of sp³-hybridized carbons (Fsp3) is 0.538. The van der Waals surface area contributed by atoms with E-state index in [9.17, 15) is 14.0 Å². The Labute approximate surface area is 197 Å². The molecule has 0 aliphatic heterocycles. The fourth-order valence-electron chi connectivity index (χ4n) is 3.01. The number of halogens is 1. The Morgan fingerprint density at radius 3 is 2.27 bits per heavy atom. The van der Waals surface area contributed by atoms with Gasteiger partial charge < -0.3 is 10.6 Å². The van der Waals surface area contributed by atoms with E-state index in [-0.39, 0.29) is 30.3 Å². The standard InChI is InChI=1S/C26H39FN4O2/c1-9-10-11-19(28-8)13-15-22(31-24(33)26(5,6)7)20(17-30-23(32)25(2,3)4)21-14-12-18(27)16-29-21/h9-12,14,16,20,22H,8,13,15,17H2,1-7H3,(H,30,32)(H,31,33)/b10-9-,19-11-. The van der Waals surface area contributed by atoms with Gasteiger partial charge in [0.1, 0.15) is 5.82 Å². The van der Waals surface area contributed by atoms with Crippen LogP contribution in [0.3, 0.4) is 0 Å². The number of hydrogen-bond donors (Lipinski definition) is 2. The zero-order chi connectivity index (χ0) is 25.2. The van der Waals surface area contributed by atoms with Crippen LogP contribution in [0, 0.1) is 16.6 Å². The lowest BCUT2D eigenvalue weighted by atomic mass is 9.88. The number of allylic oxidation sites excluding steroid dienone is 4. The van der Waals surface area contributed by atoms with Crippen LogP contribution in [0.4, 0.5) is 4.39 Å². The maximum Gasteiger partial charge on any atom is 0.225 e. The molecule has 1 heterocycles. The molecule has 0 radical (unpaired) electrons. The average Bonchev–Trinajstić information content (AvgIpc) is 2.73. The second-order valence-corrected chi connectivity index (χ2v) is 10.2. The van der Waals surface area contributed by atoms with Crippen molar-refractivity contribution in [2.75, 3.05) is 6.54 Å². The van der Waals surface area contributed by atoms with E-state index in [1.165, 1.54) is 6.07 Å². The molecule has 0 saturated carbocycles. The summed E-state index contributed by atoms with van der Waals surface area (Å²) in [6.07, 6.45) is 7.92. The van der Waals surface area contributed by atoms with Gasteiger partial charge in [0.05, 0.1) is 6.20 Å². The zero-order valence-corrected chi connectivity index (χ0v) is 21.0. The fourth-order valence-corrected chi connectivity index (χ4v) is 3.01. The third-order valence-electron chi connectivity index (χ3n) is 5.17. The van der Waals surface area contributed by atoms with E-state index < -0.39 is 16.6 Å². The minimum absolute atomic E-state index is 0.114. The summed E-state index contributed by atoms with van der Waals surface area (Å²) in [6, 6.07) is 2.57. The van der Waals surface area contributed by atoms with Crippen LogP contribution in [0.1, 0.15) is 72.9 Å². The molecule has 0 saturated heterocycles. The third-order valence-corrected chi connectivity index (χ3v) is 5.17. The molecule has 0 fully saturated rings. The van der Waals surface area contributed by atoms with Crippen molar-refractivity contribution < 1.29 is 14.0 Å². The maximum atomic E-state index is 13.6. The van der Waals surface area contributed by atoms with Gasteiger partial charge in [-0.1, -0.05) is 53.7 Å². The first-order valence-electron chi connectivity index (χ1n) is 11.3. The molecule has 1 rings (SSSR count). The molecule has 2 atom stereocenters. The summed E-state index contributed by atoms with van der Waals surface area (Å²) in [7, 11) is 0. The highest BCUT2D eigenvalue weighted by molar-refractivity contribution is 5.82. The lowest BCUT2D eigenvalue weighted by Crippen LogP contribution is -2.48. The van der Waals surface area contributed by atoms with Crippen LogP contribution in [0.15, 0.2) is 47.2 Å². The molecule has 6 nitrogen and oxygen atoms in total. The zero-order valence-electron chi connectivity index (χ0n) is 21.0. The molecule has 0 aliphatic carbocycles. The summed E-state index contributed by atoms with van der Waals surface area (Å²) < 4.78 is 13.6. The highest BCUT2D eigenvalue weighted by Gasteiger charge is 2.31. The third kappa shape index (κ3) is 9.68. The molecular weight excluding hydrogens is 419 g/mol. The van der Waals surface area contributed by atoms with Crippen molar-refractivity contribution in [3.8, 4) is 0 Å². The minimum atomic E-state index is -0.603. The lowest BCUT2D eigenvalue weighted by molar-refractivity contribution is -0.129. The molecule has 7 heteroatoms. The van der Waals surface area contributed by atoms with E-state index >= 15 is 0 Å². The topological polar surface area (TPSA) is 83.5 Å². The van der Waals surface area contributed by atoms with E-state index in [2.05, 4.69) is 27.3 Å². The van der Waals surface area contributed by atoms with Crippen LogP contribution in [0.5, 0.6) is 0 Å². The second-order valence-electron chi connectivity index (χ2n) is 10.2. The van der Waals surface area contributed by atoms with Crippen LogP contribution in [0.25, 0.3) is 0 Å². The normalized spacial score (nSPS) is 14.6. The number of aliphatic imine (C=N–C) groups is 1. The van der Waals surface area contributed by atoms with Crippen LogP contribution >= 0.6 is 0 Å². The van der Waals surface area contributed by atoms with E-state index in [1.807, 2.05) is 66.7 Å². The monoisotopic (exact) mass is 458 g/mol. The summed E-state index contributed by atoms with van der Waals surface area (Å²) in [6.45, 7) is 16.8. The van der Waals surface area contributed by atoms with Crippen molar-refractivity contribution in [1.29, 1.82) is 0 Å². The molecule has 2 N–H and O–H groups in total. The van der Waals surface area contributed by atoms with Crippen molar-refractivity contribution in [1.82, 2.24) is 15.6 Å². The first kappa shape index (κ1) is 28.2. The summed E-state index contributed by atoms with van der Waals surface area (Å²) >= 11 is 0. The SMILES string of the molecule is C=N/C(=C\C=C/C)CCC(NC(=O)C(C)(C)C)C(CNC(=O)C(C)(C)C)c1ccc(F)cn1. The second kappa shape index (κ2) is 12.4. The van der Waals surface area contributed by atoms with Gasteiger partial charge in [0.15, 0.2) is 0 Å². The number of pyridine rings is 1. The van der Waals surface area contributed by atoms with E-state index in [4.69, 9.17) is 0 Å². The largest absolute Gasteiger partial charge is 0.355 e. The van der Waals surface area contributed by atoms with Gasteiger partial charge in [-0.15, -0.1) is 0 Å². The summed E-state index contributed by atoms with van der Waals surface area (Å²) in [5, 5.41) is 6.12. The summed E-state index contributed by atoms with van der Waals surface area (Å²) in [4.78, 5) is 33.8. The van der Waals surface area contributed by atoms with Gasteiger partial charge in [-0.25, -0.2) is 4.39 Å². The van der Waals surface area contributed by atoms with Gasteiger partial charge in [-0.2, -0.15) is 0 Å². The Morgan fingerprint density at radius 1 is 1.15 bits per heavy atom. The Kier molecular flexibility index (Phi) is 10.6. The molecule has 2 amide bonds. The molecule has 0 aromatic carbocycles. The first-order chi connectivity index (χ1) is 15.3. The number of hydrogen-bond acceptors (Lipinski definition) is 4. The summed E-state index contributed by atoms with van der Waals surface area (Å²) in [5.41, 5.74) is 0.205. The number of aromatic nitrogens is 1. The van der Waals surface area contributed by atoms with Crippen LogP contribution in [0.2, 0.25) is 0 Å². The molecule has 2 unspecified atom stereocenters. The number of carbonyl (C=O) groups excluding carboxylic acids is 2. The molecule has 0 spiro atoms. The average molecular weight is 459 g/mol. The molecule has 1 aromatic heterocycles. The predicted molar refractivity (Wildman–Crippen MR) is 132 cm³/mol. The van der Waals surface area contributed by atoms with Crippen molar-refractivity contribution in [2.24, 2.45) is 15.8 Å². The van der Waals surface area contributed by atoms with Crippen LogP contribution in [-0.4, -0.2) is 36.1 Å². The van der Waals surface area contributed by atoms with E-state index in [0.29, 0.717) is 18.5 Å². The number of nitrogens with zero attached hydrogens (tertiary/aromatic N) is 2. The Balaban J connectivity index is 3.32. The molecule has 33 heavy (non-hydrogen) atoms. The Bertz CT molecular complexity index is 862. The van der Waals surface area contributed by atoms with Crippen molar-refractivity contribution in [3.05, 3.63) is 53.8 Å². The highest BCUT2D eigenvalue weighted by atomic mass is 19.1. The smallest absolute Gasteiger partial charge is 0.225 e. The van der Waals surface area contributed by atoms with Gasteiger partial charge in [-0.3, -0.25) is 19.6 Å². The van der Waals surface area contributed by atoms with Crippen molar-refractivity contribution in [3.63, 3.8) is 0 Å². The van der Waals surface area contributed by atoms with Crippen LogP contribution in [-0.2, 0) is 9.59 Å². The van der Waals surface area contributed by atoms with Gasteiger partial charge in [0.2, 0.25) is 11.8 Å². The van der Waals surface area contributed by atoms with Crippen molar-refractivity contribution in [2.45, 2.75) is 73.3 Å². The number of nitrogens with one attached hydrogen (secondary N) is 2. The number of amides is 2. The Hall–Kier alpha value is -2.83. The molecule has 0 aliphatic rings. The highest BCUT2D eigenvalue weighted by Crippen LogP contribution is 2.25. The van der Waals surface area contributed by atoms with E-state index in [1.54, 1.807) is 6.07 Å². The molecule has 0 bridgehead atoms. The maximum absolute atomic E-state index is 13.6. The van der Waals surface area contributed by atoms with Gasteiger partial charge in [0.25, 0.3) is 0 Å². The molecule has 1 aromatic rings. The minimum Gasteiger partial charge on any atom is -0.355 e. The lowest BCUT2D eigenvalue weighted by Gasteiger charge is -2.31. The van der Waals surface area contributed by atoms with Gasteiger partial charge >= 0.3 is 0 Å². The molecule has 182 valence electrons. The van der Waals surface area contributed by atoms with Crippen LogP contribution < -0.4 is 10.6 Å².